The Morgan fingerprint density at radius 1 is 0.800 bits per heavy atom. The number of H-pyrrole nitrogens is 2. The van der Waals surface area contributed by atoms with Crippen molar-refractivity contribution in [3.8, 4) is 0 Å². The Hall–Kier alpha value is -5.15. The number of hydrogen-bond acceptors (Lipinski definition) is 15. The molecule has 3 aromatic rings. The molecule has 1 amide bonds. The number of aromatic amines is 2. The van der Waals surface area contributed by atoms with E-state index in [9.17, 15) is 24.6 Å². The van der Waals surface area contributed by atoms with Crippen molar-refractivity contribution in [3.05, 3.63) is 75.4 Å². The number of ether oxygens (including phenoxy) is 5. The Morgan fingerprint density at radius 2 is 1.36 bits per heavy atom. The third kappa shape index (κ3) is 17.7. The molecule has 0 spiro atoms. The fourth-order valence-corrected chi connectivity index (χ4v) is 9.38. The number of nitrogens with one attached hydrogen (secondary N) is 2. The smallest absolute Gasteiger partial charge is 0.340 e. The molecule has 0 saturated carbocycles. The van der Waals surface area contributed by atoms with Crippen molar-refractivity contribution in [3.63, 3.8) is 0 Å². The first kappa shape index (κ1) is 62.4. The van der Waals surface area contributed by atoms with Gasteiger partial charge in [-0.2, -0.15) is 0 Å². The van der Waals surface area contributed by atoms with Gasteiger partial charge in [-0.1, -0.05) is 40.3 Å². The lowest BCUT2D eigenvalue weighted by atomic mass is 9.97. The van der Waals surface area contributed by atoms with Crippen LogP contribution in [0.1, 0.15) is 136 Å². The molecule has 0 aromatic carbocycles. The third-order valence-electron chi connectivity index (χ3n) is 13.6. The van der Waals surface area contributed by atoms with Gasteiger partial charge < -0.3 is 68.7 Å². The van der Waals surface area contributed by atoms with Crippen molar-refractivity contribution >= 4 is 58.0 Å². The van der Waals surface area contributed by atoms with E-state index in [0.29, 0.717) is 69.6 Å². The van der Waals surface area contributed by atoms with E-state index in [1.165, 1.54) is 23.1 Å². The molecule has 2 saturated heterocycles. The maximum Gasteiger partial charge on any atom is 0.340 e. The van der Waals surface area contributed by atoms with Gasteiger partial charge in [0.05, 0.1) is 74.9 Å². The zero-order valence-electron chi connectivity index (χ0n) is 46.4. The van der Waals surface area contributed by atoms with E-state index in [1.54, 1.807) is 7.05 Å². The summed E-state index contributed by atoms with van der Waals surface area (Å²) in [6, 6.07) is 6.39. The highest BCUT2D eigenvalue weighted by Gasteiger charge is 2.31. The number of carbonyl (C=O) groups excluding carboxylic acids is 3. The number of amides is 1. The van der Waals surface area contributed by atoms with Gasteiger partial charge in [-0.3, -0.25) is 9.78 Å². The highest BCUT2D eigenvalue weighted by atomic mass is 16.7. The van der Waals surface area contributed by atoms with Crippen LogP contribution in [0.25, 0.3) is 39.3 Å². The fourth-order valence-electron chi connectivity index (χ4n) is 9.38. The van der Waals surface area contributed by atoms with Gasteiger partial charge in [0, 0.05) is 90.6 Å². The standard InChI is InChI=1S/C32H36N4O2.C11H21NO5.C11H23NO4.C3H6O/c1-9-20-17(5)24-13-23-16(4)12-27(33-23)22(11-3)31-30(32(37)38-8)19(7)26(36-31)15-29-21(10-2)18(6)25(35-29)14-28(20)34-24;1-12(8-14)3-2-4-16-11-6-9(15)5-10(7-13)17-11;1-12(2)4-3-5-15-11-7-9(14)6-10(8-13)16-11;1-2-3-4/h9,13-16,34-35H,1,10-12H2,2-8H3;8-11,13,15H,2-7H2,1H3;9-11,13-14H,3-8H2,1-2H3;3H,2H2,1H3. The Balaban J connectivity index is 0.000000272. The van der Waals surface area contributed by atoms with Crippen LogP contribution < -0.4 is 0 Å². The molecular formula is C57H86N6O12. The SMILES string of the molecule is C=Cc1c(C)c2cc3nc(c(CC)c4nc(cc5[nH]c(cc1[nH]2)c(C)c5CC)C(C)=C4C(=O)OC)CC3C.CCC=O.CN(C)CCCOC1CC(O)CC(CO)O1.CN(C=O)CCCOC1CC(O)CC(CO)O1. The van der Waals surface area contributed by atoms with Crippen molar-refractivity contribution in [1.82, 2.24) is 29.7 Å². The predicted molar refractivity (Wildman–Crippen MR) is 293 cm³/mol. The van der Waals surface area contributed by atoms with Gasteiger partial charge in [0.2, 0.25) is 6.41 Å². The van der Waals surface area contributed by atoms with E-state index in [0.717, 1.165) is 106 Å². The normalized spacial score (nSPS) is 21.2. The summed E-state index contributed by atoms with van der Waals surface area (Å²) < 4.78 is 27.1. The number of fused-ring (bicyclic) bond motifs is 8. The molecule has 18 nitrogen and oxygen atoms in total. The van der Waals surface area contributed by atoms with Crippen LogP contribution in [0.2, 0.25) is 0 Å². The maximum atomic E-state index is 13.0. The molecule has 75 heavy (non-hydrogen) atoms. The van der Waals surface area contributed by atoms with Crippen molar-refractivity contribution in [2.24, 2.45) is 0 Å². The zero-order valence-corrected chi connectivity index (χ0v) is 46.4. The molecule has 7 unspecified atom stereocenters. The second kappa shape index (κ2) is 31.2. The van der Waals surface area contributed by atoms with Crippen LogP contribution >= 0.6 is 0 Å². The number of aliphatic hydroxyl groups excluding tert-OH is 4. The number of nitrogens with zero attached hydrogens (tertiary/aromatic N) is 4. The Labute approximate surface area is 443 Å². The summed E-state index contributed by atoms with van der Waals surface area (Å²) in [5.41, 5.74) is 14.6. The van der Waals surface area contributed by atoms with Gasteiger partial charge in [0.1, 0.15) is 6.29 Å². The number of carbonyl (C=O) groups is 3. The number of esters is 1. The maximum absolute atomic E-state index is 13.0. The van der Waals surface area contributed by atoms with Crippen LogP contribution in [0.15, 0.2) is 24.8 Å². The summed E-state index contributed by atoms with van der Waals surface area (Å²) in [4.78, 5) is 53.6. The summed E-state index contributed by atoms with van der Waals surface area (Å²) in [5, 5.41) is 37.0. The molecule has 7 heterocycles. The van der Waals surface area contributed by atoms with Crippen LogP contribution in [0.5, 0.6) is 0 Å². The lowest BCUT2D eigenvalue weighted by Crippen LogP contribution is -2.39. The molecular weight excluding hydrogens is 961 g/mol. The van der Waals surface area contributed by atoms with Crippen molar-refractivity contribution < 1.29 is 58.5 Å². The zero-order chi connectivity index (χ0) is 55.4. The predicted octanol–water partition coefficient (Wildman–Crippen LogP) is 6.90. The Kier molecular flexibility index (Phi) is 25.9. The largest absolute Gasteiger partial charge is 0.465 e. The van der Waals surface area contributed by atoms with E-state index in [4.69, 9.17) is 43.9 Å². The molecule has 4 aliphatic rings. The van der Waals surface area contributed by atoms with Crippen LogP contribution in [-0.4, -0.2) is 174 Å². The molecule has 2 fully saturated rings. The highest BCUT2D eigenvalue weighted by molar-refractivity contribution is 6.25. The van der Waals surface area contributed by atoms with E-state index < -0.39 is 18.5 Å². The number of rotatable bonds is 18. The average Bonchev–Trinajstić information content (AvgIpc) is 4.10. The number of aliphatic hydroxyl groups is 4. The molecule has 7 atom stereocenters. The lowest BCUT2D eigenvalue weighted by Gasteiger charge is -2.32. The molecule has 6 N–H and O–H groups in total. The summed E-state index contributed by atoms with van der Waals surface area (Å²) in [6.45, 7) is 21.1. The van der Waals surface area contributed by atoms with E-state index in [2.05, 4.69) is 74.3 Å². The molecule has 0 aliphatic carbocycles. The molecule has 3 aromatic heterocycles. The highest BCUT2D eigenvalue weighted by Crippen LogP contribution is 2.37. The minimum atomic E-state index is -0.483. The number of aryl methyl sites for hydroxylation is 3. The first-order valence-corrected chi connectivity index (χ1v) is 26.4. The van der Waals surface area contributed by atoms with Crippen molar-refractivity contribution in [1.29, 1.82) is 0 Å². The molecule has 8 bridgehead atoms. The van der Waals surface area contributed by atoms with Crippen LogP contribution in [0.4, 0.5) is 0 Å². The topological polar surface area (TPSA) is 242 Å². The van der Waals surface area contributed by atoms with Gasteiger partial charge in [0.15, 0.2) is 12.6 Å². The Morgan fingerprint density at radius 3 is 1.87 bits per heavy atom. The van der Waals surface area contributed by atoms with Crippen LogP contribution in [0.3, 0.4) is 0 Å². The van der Waals surface area contributed by atoms with E-state index in [-0.39, 0.29) is 43.6 Å². The van der Waals surface area contributed by atoms with Gasteiger partial charge >= 0.3 is 5.97 Å². The summed E-state index contributed by atoms with van der Waals surface area (Å²) in [7, 11) is 7.16. The number of allylic oxidation sites excluding steroid dienone is 1. The molecule has 0 radical (unpaired) electrons. The molecule has 18 heteroatoms. The monoisotopic (exact) mass is 1050 g/mol. The quantitative estimate of drug-likeness (QED) is 0.0432. The van der Waals surface area contributed by atoms with Crippen LogP contribution in [-0.2, 0) is 57.3 Å². The number of aromatic nitrogens is 4. The number of methoxy groups -OCH3 is 1. The number of aldehydes is 1. The molecule has 416 valence electrons. The first-order chi connectivity index (χ1) is 35.9. The van der Waals surface area contributed by atoms with Crippen LogP contribution in [0, 0.1) is 13.8 Å². The lowest BCUT2D eigenvalue weighted by molar-refractivity contribution is -0.222. The van der Waals surface area contributed by atoms with Gasteiger partial charge in [-0.15, -0.1) is 0 Å². The van der Waals surface area contributed by atoms with E-state index >= 15 is 0 Å². The first-order valence-electron chi connectivity index (χ1n) is 26.4. The average molecular weight is 1050 g/mol. The molecule has 7 rings (SSSR count). The second-order valence-corrected chi connectivity index (χ2v) is 19.7. The third-order valence-corrected chi connectivity index (χ3v) is 13.6. The summed E-state index contributed by atoms with van der Waals surface area (Å²) >= 11 is 0. The van der Waals surface area contributed by atoms with Gasteiger partial charge in [-0.05, 0) is 120 Å². The minimum Gasteiger partial charge on any atom is -0.465 e. The number of hydrogen-bond donors (Lipinski definition) is 6. The van der Waals surface area contributed by atoms with Crippen molar-refractivity contribution in [2.45, 2.75) is 156 Å². The molecule has 4 aliphatic heterocycles. The minimum absolute atomic E-state index is 0.0609. The van der Waals surface area contributed by atoms with Gasteiger partial charge in [-0.25, -0.2) is 9.78 Å². The second-order valence-electron chi connectivity index (χ2n) is 19.7. The summed E-state index contributed by atoms with van der Waals surface area (Å²) in [6.07, 6.45) is 7.73. The van der Waals surface area contributed by atoms with E-state index in [1.807, 2.05) is 34.0 Å². The Bertz CT molecular complexity index is 2540. The van der Waals surface area contributed by atoms with Crippen molar-refractivity contribution in [2.75, 3.05) is 67.8 Å². The fraction of sp³-hybridized carbons (Fsp3) is 0.596. The summed E-state index contributed by atoms with van der Waals surface area (Å²) in [5.74, 6) is -0.123. The van der Waals surface area contributed by atoms with Gasteiger partial charge in [0.25, 0.3) is 0 Å².